The highest BCUT2D eigenvalue weighted by atomic mass is 16.4. The summed E-state index contributed by atoms with van der Waals surface area (Å²) in [6.45, 7) is 15.9. The molecule has 0 amide bonds. The smallest absolute Gasteiger partial charge is 0.339 e. The average molecular weight is 555 g/mol. The summed E-state index contributed by atoms with van der Waals surface area (Å²) in [5.41, 5.74) is 5.70. The number of aliphatic hydroxyl groups is 3. The number of hydrogen-bond donors (Lipinski definition) is 3. The van der Waals surface area contributed by atoms with Crippen molar-refractivity contribution in [3.8, 4) is 0 Å². The van der Waals surface area contributed by atoms with Crippen LogP contribution in [0.1, 0.15) is 105 Å². The fraction of sp³-hybridized carbons (Fsp3) is 0.571. The molecule has 1 aromatic heterocycles. The number of unbranched alkanes of at least 4 members (excludes halogenated alkanes) is 2. The van der Waals surface area contributed by atoms with Gasteiger partial charge in [-0.15, -0.1) is 0 Å². The lowest BCUT2D eigenvalue weighted by molar-refractivity contribution is 0.0415. The second kappa shape index (κ2) is 18.8. The molecular formula is C35H54O5. The quantitative estimate of drug-likeness (QED) is 0.105. The van der Waals surface area contributed by atoms with Crippen molar-refractivity contribution in [1.29, 1.82) is 0 Å². The van der Waals surface area contributed by atoms with Crippen LogP contribution in [0.5, 0.6) is 0 Å². The minimum Gasteiger partial charge on any atom is -0.428 e. The molecule has 224 valence electrons. The highest BCUT2D eigenvalue weighted by molar-refractivity contribution is 5.25. The summed E-state index contributed by atoms with van der Waals surface area (Å²) in [5, 5.41) is 31.4. The Kier molecular flexibility index (Phi) is 16.7. The molecule has 0 saturated carbocycles. The molecule has 0 spiro atoms. The Morgan fingerprint density at radius 2 is 1.65 bits per heavy atom. The van der Waals surface area contributed by atoms with Crippen molar-refractivity contribution in [2.24, 2.45) is 5.92 Å². The van der Waals surface area contributed by atoms with E-state index in [9.17, 15) is 20.1 Å². The molecular weight excluding hydrogens is 500 g/mol. The van der Waals surface area contributed by atoms with Gasteiger partial charge in [-0.3, -0.25) is 0 Å². The van der Waals surface area contributed by atoms with E-state index < -0.39 is 18.3 Å². The van der Waals surface area contributed by atoms with E-state index in [1.54, 1.807) is 0 Å². The average Bonchev–Trinajstić information content (AvgIpc) is 2.91. The van der Waals surface area contributed by atoms with Gasteiger partial charge in [-0.1, -0.05) is 73.8 Å². The van der Waals surface area contributed by atoms with E-state index in [-0.39, 0.29) is 18.0 Å². The van der Waals surface area contributed by atoms with E-state index in [0.717, 1.165) is 55.2 Å². The molecule has 0 aromatic carbocycles. The monoisotopic (exact) mass is 554 g/mol. The Hall–Kier alpha value is -2.47. The standard InChI is InChI=1S/C35H54O5/c1-9-11-12-16-30-18-19-31(40-35(30)39)23-33(37)28(7)15-13-14-24(3)21-26(5)22-25(4)17-20-32(36)29(8)34(38)27(6)10-2/h10,14-15,17-19,22,29,32-34,36-38H,9,11-13,16,20-21,23H2,1-8H3. The molecule has 0 aliphatic carbocycles. The summed E-state index contributed by atoms with van der Waals surface area (Å²) >= 11 is 0. The molecule has 0 aliphatic rings. The number of aliphatic hydroxyl groups excluding tert-OH is 3. The Balaban J connectivity index is 2.62. The molecule has 40 heavy (non-hydrogen) atoms. The normalized spacial score (nSPS) is 17.1. The third-order valence-corrected chi connectivity index (χ3v) is 7.57. The maximum Gasteiger partial charge on any atom is 0.339 e. The maximum absolute atomic E-state index is 12.2. The minimum absolute atomic E-state index is 0.232. The molecule has 3 N–H and O–H groups in total. The molecule has 4 atom stereocenters. The summed E-state index contributed by atoms with van der Waals surface area (Å²) < 4.78 is 5.45. The predicted octanol–water partition coefficient (Wildman–Crippen LogP) is 7.56. The van der Waals surface area contributed by atoms with Gasteiger partial charge in [-0.05, 0) is 96.9 Å². The van der Waals surface area contributed by atoms with Crippen LogP contribution in [0, 0.1) is 5.92 Å². The van der Waals surface area contributed by atoms with Gasteiger partial charge in [0.05, 0.1) is 18.3 Å². The molecule has 4 unspecified atom stereocenters. The Morgan fingerprint density at radius 3 is 2.27 bits per heavy atom. The van der Waals surface area contributed by atoms with Crippen LogP contribution in [-0.2, 0) is 12.8 Å². The van der Waals surface area contributed by atoms with Gasteiger partial charge in [0.25, 0.3) is 0 Å². The second-order valence-corrected chi connectivity index (χ2v) is 11.4. The lowest BCUT2D eigenvalue weighted by atomic mass is 9.91. The highest BCUT2D eigenvalue weighted by Gasteiger charge is 2.22. The fourth-order valence-electron chi connectivity index (χ4n) is 4.60. The molecule has 1 rings (SSSR count). The van der Waals surface area contributed by atoms with Crippen LogP contribution in [0.3, 0.4) is 0 Å². The minimum atomic E-state index is -0.696. The van der Waals surface area contributed by atoms with Crippen LogP contribution in [0.25, 0.3) is 0 Å². The number of aryl methyl sites for hydroxylation is 1. The van der Waals surface area contributed by atoms with Gasteiger partial charge in [0.1, 0.15) is 5.76 Å². The van der Waals surface area contributed by atoms with Gasteiger partial charge < -0.3 is 19.7 Å². The van der Waals surface area contributed by atoms with Crippen LogP contribution in [0.2, 0.25) is 0 Å². The van der Waals surface area contributed by atoms with Crippen LogP contribution >= 0.6 is 0 Å². The number of rotatable bonds is 17. The predicted molar refractivity (Wildman–Crippen MR) is 167 cm³/mol. The maximum atomic E-state index is 12.2. The third kappa shape index (κ3) is 13.3. The van der Waals surface area contributed by atoms with Gasteiger partial charge in [-0.25, -0.2) is 4.79 Å². The lowest BCUT2D eigenvalue weighted by Crippen LogP contribution is -2.29. The third-order valence-electron chi connectivity index (χ3n) is 7.57. The molecule has 0 bridgehead atoms. The fourth-order valence-corrected chi connectivity index (χ4v) is 4.60. The summed E-state index contributed by atoms with van der Waals surface area (Å²) in [5.74, 6) is 0.274. The van der Waals surface area contributed by atoms with Gasteiger partial charge in [0, 0.05) is 17.9 Å². The second-order valence-electron chi connectivity index (χ2n) is 11.4. The molecule has 0 saturated heterocycles. The Labute approximate surface area is 242 Å². The molecule has 0 aliphatic heterocycles. The summed E-state index contributed by atoms with van der Waals surface area (Å²) in [4.78, 5) is 12.2. The van der Waals surface area contributed by atoms with E-state index in [4.69, 9.17) is 4.42 Å². The van der Waals surface area contributed by atoms with Crippen molar-refractivity contribution in [3.05, 3.63) is 92.1 Å². The first-order valence-electron chi connectivity index (χ1n) is 14.8. The van der Waals surface area contributed by atoms with Gasteiger partial charge in [-0.2, -0.15) is 0 Å². The summed E-state index contributed by atoms with van der Waals surface area (Å²) in [6, 6.07) is 3.64. The number of allylic oxidation sites excluding steroid dienone is 7. The molecule has 0 radical (unpaired) electrons. The first kappa shape index (κ1) is 35.6. The van der Waals surface area contributed by atoms with E-state index in [0.29, 0.717) is 17.7 Å². The van der Waals surface area contributed by atoms with E-state index in [1.807, 2.05) is 65.0 Å². The van der Waals surface area contributed by atoms with Gasteiger partial charge >= 0.3 is 5.63 Å². The summed E-state index contributed by atoms with van der Waals surface area (Å²) in [7, 11) is 0. The molecule has 1 heterocycles. The van der Waals surface area contributed by atoms with Crippen LogP contribution in [0.4, 0.5) is 0 Å². The SMILES string of the molecule is CC=C(C)C(O)C(C)C(O)CC=C(C)C=C(C)CC(C)=CCC=C(C)C(O)Cc1ccc(CCCCC)c(=O)o1. The van der Waals surface area contributed by atoms with Gasteiger partial charge in [0.15, 0.2) is 0 Å². The van der Waals surface area contributed by atoms with E-state index in [1.165, 1.54) is 11.1 Å². The first-order valence-corrected chi connectivity index (χ1v) is 14.8. The zero-order chi connectivity index (χ0) is 30.2. The Bertz CT molecular complexity index is 1110. The molecule has 1 aromatic rings. The van der Waals surface area contributed by atoms with Crippen LogP contribution in [0.15, 0.2) is 79.6 Å². The van der Waals surface area contributed by atoms with Crippen LogP contribution in [-0.4, -0.2) is 33.6 Å². The molecule has 5 nitrogen and oxygen atoms in total. The number of hydrogen-bond acceptors (Lipinski definition) is 5. The van der Waals surface area contributed by atoms with Crippen molar-refractivity contribution in [2.45, 2.75) is 125 Å². The van der Waals surface area contributed by atoms with E-state index in [2.05, 4.69) is 32.9 Å². The molecule has 5 heteroatoms. The van der Waals surface area contributed by atoms with Crippen LogP contribution < -0.4 is 5.63 Å². The van der Waals surface area contributed by atoms with Crippen molar-refractivity contribution in [2.75, 3.05) is 0 Å². The van der Waals surface area contributed by atoms with Crippen molar-refractivity contribution in [3.63, 3.8) is 0 Å². The lowest BCUT2D eigenvalue weighted by Gasteiger charge is -2.24. The first-order chi connectivity index (χ1) is 18.9. The van der Waals surface area contributed by atoms with E-state index >= 15 is 0 Å². The van der Waals surface area contributed by atoms with Crippen molar-refractivity contribution < 1.29 is 19.7 Å². The van der Waals surface area contributed by atoms with Gasteiger partial charge in [0.2, 0.25) is 0 Å². The zero-order valence-corrected chi connectivity index (χ0v) is 26.2. The van der Waals surface area contributed by atoms with Crippen molar-refractivity contribution in [1.82, 2.24) is 0 Å². The van der Waals surface area contributed by atoms with Crippen molar-refractivity contribution >= 4 is 0 Å². The largest absolute Gasteiger partial charge is 0.428 e. The Morgan fingerprint density at radius 1 is 0.950 bits per heavy atom. The summed E-state index contributed by atoms with van der Waals surface area (Å²) in [6.07, 6.45) is 14.5. The topological polar surface area (TPSA) is 90.9 Å². The zero-order valence-electron chi connectivity index (χ0n) is 26.2. The molecule has 0 fully saturated rings. The highest BCUT2D eigenvalue weighted by Crippen LogP contribution is 2.20.